The highest BCUT2D eigenvalue weighted by molar-refractivity contribution is 6.53. The Hall–Kier alpha value is -2.18. The number of nitrogens with zero attached hydrogens (tertiary/aromatic N) is 2. The van der Waals surface area contributed by atoms with Crippen molar-refractivity contribution in [2.45, 2.75) is 6.92 Å². The van der Waals surface area contributed by atoms with Gasteiger partial charge in [0.15, 0.2) is 0 Å². The number of benzene rings is 1. The number of aryl methyl sites for hydroxylation is 1. The number of rotatable bonds is 2. The van der Waals surface area contributed by atoms with Crippen LogP contribution in [0.1, 0.15) is 16.7 Å². The Morgan fingerprint density at radius 2 is 1.95 bits per heavy atom. The average molecular weight is 273 g/mol. The van der Waals surface area contributed by atoms with Crippen LogP contribution in [-0.2, 0) is 0 Å². The zero-order valence-corrected chi connectivity index (χ0v) is 10.9. The van der Waals surface area contributed by atoms with E-state index in [2.05, 4.69) is 4.98 Å². The van der Waals surface area contributed by atoms with E-state index < -0.39 is 5.82 Å². The van der Waals surface area contributed by atoms with E-state index in [0.717, 1.165) is 5.56 Å². The molecule has 0 aliphatic rings. The molecule has 19 heavy (non-hydrogen) atoms. The highest BCUT2D eigenvalue weighted by atomic mass is 35.5. The molecule has 1 heterocycles. The fourth-order valence-electron chi connectivity index (χ4n) is 1.69. The van der Waals surface area contributed by atoms with E-state index in [1.54, 1.807) is 43.6 Å². The lowest BCUT2D eigenvalue weighted by Crippen LogP contribution is -1.91. The van der Waals surface area contributed by atoms with Gasteiger partial charge in [-0.05, 0) is 36.2 Å². The number of aromatic nitrogens is 1. The highest BCUT2D eigenvalue weighted by Crippen LogP contribution is 2.30. The van der Waals surface area contributed by atoms with Crippen LogP contribution in [0.15, 0.2) is 42.7 Å². The maximum atomic E-state index is 13.9. The van der Waals surface area contributed by atoms with Gasteiger partial charge in [0.2, 0.25) is 0 Å². The summed E-state index contributed by atoms with van der Waals surface area (Å²) in [6.07, 6.45) is 3.12. The average Bonchev–Trinajstić information content (AvgIpc) is 2.40. The molecule has 0 amide bonds. The van der Waals surface area contributed by atoms with E-state index in [0.29, 0.717) is 5.56 Å². The normalized spacial score (nSPS) is 11.7. The summed E-state index contributed by atoms with van der Waals surface area (Å²) in [6.45, 7) is 1.79. The van der Waals surface area contributed by atoms with E-state index >= 15 is 0 Å². The van der Waals surface area contributed by atoms with Crippen molar-refractivity contribution in [2.75, 3.05) is 0 Å². The quantitative estimate of drug-likeness (QED) is 0.770. The third kappa shape index (κ3) is 2.81. The molecular formula is C15H10ClFN2. The number of nitriles is 1. The molecule has 0 radical (unpaired) electrons. The van der Waals surface area contributed by atoms with Gasteiger partial charge >= 0.3 is 0 Å². The fourth-order valence-corrected chi connectivity index (χ4v) is 2.00. The predicted molar refractivity (Wildman–Crippen MR) is 73.7 cm³/mol. The summed E-state index contributed by atoms with van der Waals surface area (Å²) in [5, 5.41) is 9.32. The van der Waals surface area contributed by atoms with E-state index in [9.17, 15) is 9.65 Å². The largest absolute Gasteiger partial charge is 0.265 e. The molecule has 4 heteroatoms. The van der Waals surface area contributed by atoms with Crippen molar-refractivity contribution in [1.29, 1.82) is 5.26 Å². The summed E-state index contributed by atoms with van der Waals surface area (Å²) in [4.78, 5) is 3.87. The second-order valence-electron chi connectivity index (χ2n) is 4.02. The van der Waals surface area contributed by atoms with Crippen LogP contribution in [0.3, 0.4) is 0 Å². The minimum Gasteiger partial charge on any atom is -0.265 e. The molecule has 2 rings (SSSR count). The summed E-state index contributed by atoms with van der Waals surface area (Å²) in [5.74, 6) is -0.438. The Bertz CT molecular complexity index is 672. The zero-order chi connectivity index (χ0) is 13.8. The molecule has 0 aliphatic carbocycles. The molecule has 0 bridgehead atoms. The Morgan fingerprint density at radius 3 is 2.53 bits per heavy atom. The van der Waals surface area contributed by atoms with Crippen LogP contribution in [0.5, 0.6) is 0 Å². The first-order valence-electron chi connectivity index (χ1n) is 5.60. The van der Waals surface area contributed by atoms with E-state index in [-0.39, 0.29) is 16.2 Å². The van der Waals surface area contributed by atoms with Gasteiger partial charge in [-0.1, -0.05) is 23.7 Å². The lowest BCUT2D eigenvalue weighted by atomic mass is 10.0. The molecule has 94 valence electrons. The van der Waals surface area contributed by atoms with Crippen LogP contribution in [0.25, 0.3) is 10.6 Å². The second-order valence-corrected chi connectivity index (χ2v) is 4.40. The van der Waals surface area contributed by atoms with Crippen LogP contribution in [0, 0.1) is 24.1 Å². The maximum Gasteiger partial charge on any atom is 0.132 e. The summed E-state index contributed by atoms with van der Waals surface area (Å²) in [7, 11) is 0. The van der Waals surface area contributed by atoms with Gasteiger partial charge in [-0.3, -0.25) is 4.98 Å². The van der Waals surface area contributed by atoms with Crippen LogP contribution in [0.4, 0.5) is 4.39 Å². The minimum absolute atomic E-state index is 0.103. The molecule has 0 saturated heterocycles. The summed E-state index contributed by atoms with van der Waals surface area (Å²) < 4.78 is 13.9. The number of pyridine rings is 1. The van der Waals surface area contributed by atoms with Crippen molar-refractivity contribution in [1.82, 2.24) is 4.98 Å². The predicted octanol–water partition coefficient (Wildman–Crippen LogP) is 4.16. The molecule has 0 aliphatic heterocycles. The van der Waals surface area contributed by atoms with Gasteiger partial charge in [0, 0.05) is 18.0 Å². The van der Waals surface area contributed by atoms with Gasteiger partial charge < -0.3 is 0 Å². The standard InChI is InChI=1S/C15H10ClFN2/c1-10-2-3-12(14(17)8-10)15(16)13(9-18)11-4-6-19-7-5-11/h2-8H,1H3/b15-13+. The Labute approximate surface area is 115 Å². The van der Waals surface area contributed by atoms with Gasteiger partial charge in [-0.2, -0.15) is 5.26 Å². The molecule has 1 aromatic carbocycles. The molecule has 0 N–H and O–H groups in total. The summed E-state index contributed by atoms with van der Waals surface area (Å²) >= 11 is 6.16. The van der Waals surface area contributed by atoms with E-state index in [4.69, 9.17) is 11.6 Å². The van der Waals surface area contributed by atoms with Crippen LogP contribution >= 0.6 is 11.6 Å². The van der Waals surface area contributed by atoms with Gasteiger partial charge in [-0.15, -0.1) is 0 Å². The SMILES string of the molecule is Cc1ccc(/C(Cl)=C(/C#N)c2ccncc2)c(F)c1. The molecule has 1 aromatic heterocycles. The monoisotopic (exact) mass is 272 g/mol. The first-order chi connectivity index (χ1) is 9.13. The summed E-state index contributed by atoms with van der Waals surface area (Å²) in [6, 6.07) is 10.0. The third-order valence-corrected chi connectivity index (χ3v) is 3.05. The number of hydrogen-bond donors (Lipinski definition) is 0. The van der Waals surface area contributed by atoms with Crippen LogP contribution in [-0.4, -0.2) is 4.98 Å². The van der Waals surface area contributed by atoms with Gasteiger partial charge in [0.1, 0.15) is 11.9 Å². The molecular weight excluding hydrogens is 263 g/mol. The Morgan fingerprint density at radius 1 is 1.26 bits per heavy atom. The molecule has 0 unspecified atom stereocenters. The van der Waals surface area contributed by atoms with Gasteiger partial charge in [0.25, 0.3) is 0 Å². The zero-order valence-electron chi connectivity index (χ0n) is 10.2. The smallest absolute Gasteiger partial charge is 0.132 e. The molecule has 0 saturated carbocycles. The fraction of sp³-hybridized carbons (Fsp3) is 0.0667. The van der Waals surface area contributed by atoms with Crippen molar-refractivity contribution in [3.05, 3.63) is 65.2 Å². The summed E-state index contributed by atoms with van der Waals surface area (Å²) in [5.41, 5.74) is 1.86. The Kier molecular flexibility index (Phi) is 3.94. The first kappa shape index (κ1) is 13.3. The van der Waals surface area contributed by atoms with Gasteiger partial charge in [-0.25, -0.2) is 4.39 Å². The maximum absolute atomic E-state index is 13.9. The van der Waals surface area contributed by atoms with E-state index in [1.807, 2.05) is 6.07 Å². The second kappa shape index (κ2) is 5.64. The van der Waals surface area contributed by atoms with Crippen LogP contribution < -0.4 is 0 Å². The lowest BCUT2D eigenvalue weighted by Gasteiger charge is -2.06. The Balaban J connectivity index is 2.59. The number of halogens is 2. The molecule has 2 aromatic rings. The number of allylic oxidation sites excluding steroid dienone is 1. The van der Waals surface area contributed by atoms with Crippen molar-refractivity contribution in [3.8, 4) is 6.07 Å². The van der Waals surface area contributed by atoms with Crippen molar-refractivity contribution in [3.63, 3.8) is 0 Å². The molecule has 0 atom stereocenters. The third-order valence-electron chi connectivity index (χ3n) is 2.66. The molecule has 2 nitrogen and oxygen atoms in total. The van der Waals surface area contributed by atoms with Crippen LogP contribution in [0.2, 0.25) is 0 Å². The van der Waals surface area contributed by atoms with E-state index in [1.165, 1.54) is 6.07 Å². The first-order valence-corrected chi connectivity index (χ1v) is 5.98. The lowest BCUT2D eigenvalue weighted by molar-refractivity contribution is 0.623. The van der Waals surface area contributed by atoms with Crippen molar-refractivity contribution >= 4 is 22.2 Å². The molecule has 0 spiro atoms. The highest BCUT2D eigenvalue weighted by Gasteiger charge is 2.13. The van der Waals surface area contributed by atoms with Crippen molar-refractivity contribution < 1.29 is 4.39 Å². The number of hydrogen-bond acceptors (Lipinski definition) is 2. The topological polar surface area (TPSA) is 36.7 Å². The minimum atomic E-state index is -0.438. The van der Waals surface area contributed by atoms with Gasteiger partial charge in [0.05, 0.1) is 10.6 Å². The molecule has 0 fully saturated rings. The van der Waals surface area contributed by atoms with Crippen molar-refractivity contribution in [2.24, 2.45) is 0 Å².